The monoisotopic (exact) mass is 999 g/mol. The number of fused-ring (bicyclic) bond motifs is 3. The minimum Gasteiger partial charge on any atom is -0.399 e. The summed E-state index contributed by atoms with van der Waals surface area (Å²) in [7, 11) is 12.6. The van der Waals surface area contributed by atoms with Crippen LogP contribution in [-0.2, 0) is 25.7 Å². The first-order valence-corrected chi connectivity index (χ1v) is 25.3. The lowest BCUT2D eigenvalue weighted by Crippen LogP contribution is -2.14. The highest BCUT2D eigenvalue weighted by molar-refractivity contribution is 9.10. The van der Waals surface area contributed by atoms with Crippen molar-refractivity contribution >= 4 is 99.5 Å². The van der Waals surface area contributed by atoms with Gasteiger partial charge < -0.3 is 40.8 Å². The zero-order chi connectivity index (χ0) is 47.0. The maximum atomic E-state index is 8.24. The van der Waals surface area contributed by atoms with Gasteiger partial charge in [-0.15, -0.1) is 22.7 Å². The number of likely N-dealkylation sites (N-methyl/N-ethyl adjacent to an activating group) is 3. The van der Waals surface area contributed by atoms with E-state index in [0.717, 1.165) is 69.2 Å². The largest absolute Gasteiger partial charge is 0.399 e. The highest BCUT2D eigenvalue weighted by Crippen LogP contribution is 2.26. The van der Waals surface area contributed by atoms with E-state index in [1.54, 1.807) is 22.7 Å². The fourth-order valence-electron chi connectivity index (χ4n) is 7.14. The van der Waals surface area contributed by atoms with Crippen LogP contribution in [-0.4, -0.2) is 102 Å². The number of nitrogens with zero attached hydrogens (tertiary/aromatic N) is 3. The Kier molecular flexibility index (Phi) is 19.0. The predicted molar refractivity (Wildman–Crippen MR) is 292 cm³/mol. The Morgan fingerprint density at radius 3 is 1.58 bits per heavy atom. The summed E-state index contributed by atoms with van der Waals surface area (Å²) >= 11 is 8.24. The lowest BCUT2D eigenvalue weighted by Gasteiger charge is -2.08. The Balaban J connectivity index is 0.000000148. The van der Waals surface area contributed by atoms with Crippen molar-refractivity contribution in [3.8, 4) is 0 Å². The third-order valence-corrected chi connectivity index (χ3v) is 14.1. The Labute approximate surface area is 410 Å². The SMILES string of the molecule is CN(C)CCc1c[nH]c2ccc(Br)cc12.CN(C)CCc1c[nH]c2ccc(CC(=N)c3cccs3)cc12.CN(C)CCc1c[nH]c2ccc(N)cc12.N=C(Sc1ccccc1)c1cccs1. The van der Waals surface area contributed by atoms with Gasteiger partial charge in [-0.3, -0.25) is 5.41 Å². The number of thiophene rings is 2. The Hall–Kier alpha value is -5.25. The van der Waals surface area contributed by atoms with Crippen molar-refractivity contribution in [3.05, 3.63) is 175 Å². The van der Waals surface area contributed by atoms with Gasteiger partial charge in [0.05, 0.1) is 10.6 Å². The van der Waals surface area contributed by atoms with Crippen molar-refractivity contribution in [2.24, 2.45) is 0 Å². The molecule has 0 aliphatic rings. The zero-order valence-electron chi connectivity index (χ0n) is 38.8. The van der Waals surface area contributed by atoms with Crippen molar-refractivity contribution in [2.75, 3.05) is 67.7 Å². The van der Waals surface area contributed by atoms with E-state index < -0.39 is 0 Å². The summed E-state index contributed by atoms with van der Waals surface area (Å²) in [6, 6.07) is 36.8. The van der Waals surface area contributed by atoms with E-state index in [4.69, 9.17) is 16.6 Å². The molecule has 9 rings (SSSR count). The van der Waals surface area contributed by atoms with Crippen molar-refractivity contribution in [1.29, 1.82) is 10.8 Å². The zero-order valence-corrected chi connectivity index (χ0v) is 42.8. The molecule has 344 valence electrons. The quantitative estimate of drug-likeness (QED) is 0.0280. The van der Waals surface area contributed by atoms with Gasteiger partial charge in [-0.25, -0.2) is 0 Å². The third-order valence-electron chi connectivity index (χ3n) is 10.7. The molecule has 5 heterocycles. The minimum absolute atomic E-state index is 0.617. The number of thioether (sulfide) groups is 1. The van der Waals surface area contributed by atoms with Gasteiger partial charge in [0, 0.05) is 97.3 Å². The first kappa shape index (κ1) is 50.2. The summed E-state index contributed by atoms with van der Waals surface area (Å²) < 4.78 is 1.14. The van der Waals surface area contributed by atoms with E-state index in [0.29, 0.717) is 17.2 Å². The first-order valence-electron chi connectivity index (χ1n) is 21.9. The van der Waals surface area contributed by atoms with Crippen molar-refractivity contribution in [3.63, 3.8) is 0 Å². The van der Waals surface area contributed by atoms with Crippen LogP contribution in [0.2, 0.25) is 0 Å². The number of H-pyrrole nitrogens is 3. The van der Waals surface area contributed by atoms with Gasteiger partial charge in [-0.2, -0.15) is 0 Å². The average molecular weight is 1000 g/mol. The van der Waals surface area contributed by atoms with Gasteiger partial charge in [-0.05, 0) is 167 Å². The van der Waals surface area contributed by atoms with Crippen LogP contribution in [0.3, 0.4) is 0 Å². The highest BCUT2D eigenvalue weighted by atomic mass is 79.9. The predicted octanol–water partition coefficient (Wildman–Crippen LogP) is 12.7. The summed E-state index contributed by atoms with van der Waals surface area (Å²) in [6.07, 6.45) is 10.2. The second-order valence-corrected chi connectivity index (χ2v) is 20.7. The number of nitrogens with two attached hydrogens (primary N) is 1. The van der Waals surface area contributed by atoms with Gasteiger partial charge in [0.1, 0.15) is 5.04 Å². The van der Waals surface area contributed by atoms with E-state index >= 15 is 0 Å². The number of halogens is 1. The molecule has 0 spiro atoms. The molecule has 0 amide bonds. The van der Waals surface area contributed by atoms with Gasteiger partial charge in [0.25, 0.3) is 0 Å². The number of benzene rings is 4. The molecular weight excluding hydrogens is 939 g/mol. The third kappa shape index (κ3) is 15.1. The van der Waals surface area contributed by atoms with Crippen LogP contribution in [0.5, 0.6) is 0 Å². The normalized spacial score (nSPS) is 11.1. The second-order valence-electron chi connectivity index (χ2n) is 16.8. The molecule has 0 radical (unpaired) electrons. The van der Waals surface area contributed by atoms with Crippen LogP contribution in [0.4, 0.5) is 5.69 Å². The molecular formula is C53H62BrN9S3. The molecule has 5 aromatic heterocycles. The van der Waals surface area contributed by atoms with Crippen LogP contribution >= 0.6 is 50.4 Å². The Morgan fingerprint density at radius 2 is 1.06 bits per heavy atom. The van der Waals surface area contributed by atoms with Gasteiger partial charge in [-0.1, -0.05) is 64.1 Å². The summed E-state index contributed by atoms with van der Waals surface area (Å²) in [6.45, 7) is 3.18. The average Bonchev–Trinajstić information content (AvgIpc) is 4.16. The lowest BCUT2D eigenvalue weighted by atomic mass is 10.0. The standard InChI is InChI=1S/C18H21N3S.C12H15BrN2.C12H17N3.C11H9NS2/c1-21(2)8-7-14-12-20-17-6-5-13(10-15(14)17)11-16(19)18-4-3-9-22-18;2*1-15(2)6-5-9-8-14-12-4-3-10(13)7-11(9)12;12-11(10-7-4-8-13-10)14-9-5-2-1-3-6-9/h3-6,9-10,12,19-20H,7-8,11H2,1-2H3;3-4,7-8,14H,5-6H2,1-2H3;3-4,7-8,14H,5-6,13H2,1-2H3;1-8,12H. The number of aromatic nitrogens is 3. The molecule has 0 atom stereocenters. The number of nitrogen functional groups attached to an aromatic ring is 1. The molecule has 0 saturated heterocycles. The van der Waals surface area contributed by atoms with E-state index in [1.165, 1.54) is 61.2 Å². The number of rotatable bonds is 14. The summed E-state index contributed by atoms with van der Waals surface area (Å²) in [5, 5.41) is 24.6. The Morgan fingerprint density at radius 1 is 0.576 bits per heavy atom. The molecule has 7 N–H and O–H groups in total. The smallest absolute Gasteiger partial charge is 0.109 e. The molecule has 0 fully saturated rings. The van der Waals surface area contributed by atoms with E-state index in [2.05, 4.69) is 143 Å². The van der Waals surface area contributed by atoms with E-state index in [1.807, 2.05) is 83.6 Å². The fraction of sp³-hybridized carbons (Fsp3) is 0.245. The maximum absolute atomic E-state index is 8.24. The van der Waals surface area contributed by atoms with Crippen molar-refractivity contribution in [1.82, 2.24) is 29.7 Å². The van der Waals surface area contributed by atoms with Gasteiger partial charge in [0.15, 0.2) is 0 Å². The molecule has 0 saturated carbocycles. The lowest BCUT2D eigenvalue weighted by molar-refractivity contribution is 0.414. The number of hydrogen-bond donors (Lipinski definition) is 6. The van der Waals surface area contributed by atoms with E-state index in [9.17, 15) is 0 Å². The maximum Gasteiger partial charge on any atom is 0.109 e. The number of nitrogens with one attached hydrogen (secondary N) is 5. The summed E-state index contributed by atoms with van der Waals surface area (Å²) in [5.74, 6) is 0. The van der Waals surface area contributed by atoms with Crippen LogP contribution in [0, 0.1) is 10.8 Å². The van der Waals surface area contributed by atoms with Gasteiger partial charge >= 0.3 is 0 Å². The first-order chi connectivity index (χ1) is 31.8. The summed E-state index contributed by atoms with van der Waals surface area (Å²) in [4.78, 5) is 19.7. The minimum atomic E-state index is 0.617. The van der Waals surface area contributed by atoms with Crippen LogP contribution in [0.25, 0.3) is 32.7 Å². The molecule has 4 aromatic carbocycles. The van der Waals surface area contributed by atoms with Gasteiger partial charge in [0.2, 0.25) is 0 Å². The molecule has 0 aliphatic heterocycles. The van der Waals surface area contributed by atoms with Crippen LogP contribution < -0.4 is 5.73 Å². The van der Waals surface area contributed by atoms with Crippen molar-refractivity contribution < 1.29 is 0 Å². The molecule has 0 bridgehead atoms. The van der Waals surface area contributed by atoms with E-state index in [-0.39, 0.29) is 0 Å². The van der Waals surface area contributed by atoms with Crippen LogP contribution in [0.1, 0.15) is 32.0 Å². The second kappa shape index (κ2) is 25.0. The Bertz CT molecular complexity index is 2790. The number of anilines is 1. The molecule has 66 heavy (non-hydrogen) atoms. The molecule has 0 aliphatic carbocycles. The topological polar surface area (TPSA) is 131 Å². The molecule has 0 unspecified atom stereocenters. The molecule has 13 heteroatoms. The molecule has 9 nitrogen and oxygen atoms in total. The number of hydrogen-bond acceptors (Lipinski definition) is 9. The highest BCUT2D eigenvalue weighted by Gasteiger charge is 2.10. The summed E-state index contributed by atoms with van der Waals surface area (Å²) in [5.41, 5.74) is 16.2. The fourth-order valence-corrected chi connectivity index (χ4v) is 9.71. The molecule has 9 aromatic rings. The van der Waals surface area contributed by atoms with Crippen molar-refractivity contribution in [2.45, 2.75) is 30.6 Å². The van der Waals surface area contributed by atoms with Crippen LogP contribution in [0.15, 0.2) is 148 Å². The number of aromatic amines is 3.